The van der Waals surface area contributed by atoms with Crippen LogP contribution in [-0.4, -0.2) is 15.9 Å². The molecule has 0 fully saturated rings. The number of nitrogens with zero attached hydrogens (tertiary/aromatic N) is 2. The van der Waals surface area contributed by atoms with Gasteiger partial charge in [-0.2, -0.15) is 0 Å². The Balaban J connectivity index is 1.66. The van der Waals surface area contributed by atoms with Gasteiger partial charge in [0.15, 0.2) is 0 Å². The van der Waals surface area contributed by atoms with Crippen molar-refractivity contribution in [3.63, 3.8) is 0 Å². The largest absolute Gasteiger partial charge is 0.350 e. The third-order valence-electron chi connectivity index (χ3n) is 3.57. The van der Waals surface area contributed by atoms with Crippen molar-refractivity contribution in [3.05, 3.63) is 70.5 Å². The van der Waals surface area contributed by atoms with Crippen molar-refractivity contribution in [3.8, 4) is 0 Å². The van der Waals surface area contributed by atoms with Crippen LogP contribution in [0.3, 0.4) is 0 Å². The van der Waals surface area contributed by atoms with Crippen molar-refractivity contribution >= 4 is 28.5 Å². The van der Waals surface area contributed by atoms with E-state index in [1.807, 2.05) is 43.3 Å². The van der Waals surface area contributed by atoms with Crippen molar-refractivity contribution in [2.45, 2.75) is 19.9 Å². The maximum atomic E-state index is 12.1. The molecule has 0 bridgehead atoms. The van der Waals surface area contributed by atoms with Crippen molar-refractivity contribution in [1.29, 1.82) is 0 Å². The van der Waals surface area contributed by atoms with Gasteiger partial charge in [0.2, 0.25) is 5.91 Å². The van der Waals surface area contributed by atoms with Crippen LogP contribution in [0, 0.1) is 6.92 Å². The Kier molecular flexibility index (Phi) is 4.53. The molecule has 5 heteroatoms. The van der Waals surface area contributed by atoms with E-state index in [0.29, 0.717) is 18.0 Å². The maximum absolute atomic E-state index is 12.1. The number of rotatable bonds is 4. The van der Waals surface area contributed by atoms with Crippen LogP contribution in [0.5, 0.6) is 0 Å². The lowest BCUT2D eigenvalue weighted by Crippen LogP contribution is -2.25. The molecular formula is C18H16ClN3O. The van der Waals surface area contributed by atoms with Gasteiger partial charge in [0.25, 0.3) is 0 Å². The molecule has 116 valence electrons. The average Bonchev–Trinajstić information content (AvgIpc) is 2.55. The summed E-state index contributed by atoms with van der Waals surface area (Å²) in [6.45, 7) is 2.27. The van der Waals surface area contributed by atoms with E-state index in [1.54, 1.807) is 12.1 Å². The van der Waals surface area contributed by atoms with Gasteiger partial charge in [-0.1, -0.05) is 35.9 Å². The third-order valence-corrected chi connectivity index (χ3v) is 3.83. The Morgan fingerprint density at radius 2 is 1.70 bits per heavy atom. The summed E-state index contributed by atoms with van der Waals surface area (Å²) in [5, 5.41) is 3.56. The highest BCUT2D eigenvalue weighted by molar-refractivity contribution is 6.30. The van der Waals surface area contributed by atoms with Crippen LogP contribution in [0.1, 0.15) is 17.0 Å². The second-order valence-corrected chi connectivity index (χ2v) is 5.76. The molecule has 0 unspecified atom stereocenters. The fourth-order valence-corrected chi connectivity index (χ4v) is 2.45. The highest BCUT2D eigenvalue weighted by Crippen LogP contribution is 2.12. The van der Waals surface area contributed by atoms with Crippen molar-refractivity contribution in [2.24, 2.45) is 0 Å². The van der Waals surface area contributed by atoms with Crippen LogP contribution in [-0.2, 0) is 17.8 Å². The van der Waals surface area contributed by atoms with Crippen LogP contribution >= 0.6 is 11.6 Å². The topological polar surface area (TPSA) is 54.9 Å². The zero-order valence-corrected chi connectivity index (χ0v) is 13.5. The zero-order valence-electron chi connectivity index (χ0n) is 12.7. The maximum Gasteiger partial charge on any atom is 0.224 e. The molecule has 3 aromatic rings. The minimum Gasteiger partial charge on any atom is -0.350 e. The number of carbonyl (C=O) groups excluding carboxylic acids is 1. The number of aromatic nitrogens is 2. The SMILES string of the molecule is Cc1nc2ccccc2nc1CNC(=O)Cc1ccc(Cl)cc1. The minimum absolute atomic E-state index is 0.0540. The molecule has 23 heavy (non-hydrogen) atoms. The molecule has 1 N–H and O–H groups in total. The fourth-order valence-electron chi connectivity index (χ4n) is 2.32. The lowest BCUT2D eigenvalue weighted by atomic mass is 10.1. The molecule has 3 rings (SSSR count). The van der Waals surface area contributed by atoms with Gasteiger partial charge in [0.05, 0.1) is 35.4 Å². The first-order valence-electron chi connectivity index (χ1n) is 7.35. The fraction of sp³-hybridized carbons (Fsp3) is 0.167. The predicted octanol–water partition coefficient (Wildman–Crippen LogP) is 3.45. The highest BCUT2D eigenvalue weighted by atomic mass is 35.5. The number of carbonyl (C=O) groups is 1. The van der Waals surface area contributed by atoms with Gasteiger partial charge in [-0.25, -0.2) is 9.97 Å². The second-order valence-electron chi connectivity index (χ2n) is 5.32. The standard InChI is InChI=1S/C18H16ClN3O/c1-12-17(22-16-5-3-2-4-15(16)21-12)11-20-18(23)10-13-6-8-14(19)9-7-13/h2-9H,10-11H2,1H3,(H,20,23). The molecule has 0 atom stereocenters. The number of benzene rings is 2. The first kappa shape index (κ1) is 15.4. The van der Waals surface area contributed by atoms with Crippen LogP contribution in [0.15, 0.2) is 48.5 Å². The number of amides is 1. The number of hydrogen-bond donors (Lipinski definition) is 1. The third kappa shape index (κ3) is 3.85. The van der Waals surface area contributed by atoms with E-state index in [2.05, 4.69) is 15.3 Å². The molecule has 0 saturated heterocycles. The van der Waals surface area contributed by atoms with Crippen molar-refractivity contribution < 1.29 is 4.79 Å². The number of aryl methyl sites for hydroxylation is 1. The zero-order chi connectivity index (χ0) is 16.2. The van der Waals surface area contributed by atoms with Crippen LogP contribution in [0.25, 0.3) is 11.0 Å². The number of para-hydroxylation sites is 2. The number of nitrogens with one attached hydrogen (secondary N) is 1. The van der Waals surface area contributed by atoms with Crippen molar-refractivity contribution in [1.82, 2.24) is 15.3 Å². The minimum atomic E-state index is -0.0540. The van der Waals surface area contributed by atoms with Gasteiger partial charge in [-0.15, -0.1) is 0 Å². The summed E-state index contributed by atoms with van der Waals surface area (Å²) in [7, 11) is 0. The highest BCUT2D eigenvalue weighted by Gasteiger charge is 2.08. The first-order chi connectivity index (χ1) is 11.1. The number of hydrogen-bond acceptors (Lipinski definition) is 3. The summed E-state index contributed by atoms with van der Waals surface area (Å²) in [5.74, 6) is -0.0540. The van der Waals surface area contributed by atoms with Gasteiger partial charge in [-0.05, 0) is 36.8 Å². The molecule has 0 aliphatic rings. The van der Waals surface area contributed by atoms with Gasteiger partial charge in [-0.3, -0.25) is 4.79 Å². The molecule has 1 aromatic heterocycles. The molecule has 0 aliphatic carbocycles. The molecule has 1 amide bonds. The van der Waals surface area contributed by atoms with Crippen LogP contribution < -0.4 is 5.32 Å². The first-order valence-corrected chi connectivity index (χ1v) is 7.73. The Bertz CT molecular complexity index is 847. The second kappa shape index (κ2) is 6.75. The summed E-state index contributed by atoms with van der Waals surface area (Å²) in [6.07, 6.45) is 0.317. The Hall–Kier alpha value is -2.46. The van der Waals surface area contributed by atoms with E-state index in [0.717, 1.165) is 28.0 Å². The Labute approximate surface area is 139 Å². The van der Waals surface area contributed by atoms with E-state index in [1.165, 1.54) is 0 Å². The Morgan fingerprint density at radius 3 is 2.39 bits per heavy atom. The van der Waals surface area contributed by atoms with E-state index < -0.39 is 0 Å². The average molecular weight is 326 g/mol. The summed E-state index contributed by atoms with van der Waals surface area (Å²) in [6, 6.07) is 15.0. The lowest BCUT2D eigenvalue weighted by molar-refractivity contribution is -0.120. The Morgan fingerprint density at radius 1 is 1.04 bits per heavy atom. The summed E-state index contributed by atoms with van der Waals surface area (Å²) < 4.78 is 0. The van der Waals surface area contributed by atoms with Crippen LogP contribution in [0.4, 0.5) is 0 Å². The quantitative estimate of drug-likeness (QED) is 0.799. The van der Waals surface area contributed by atoms with E-state index in [9.17, 15) is 4.79 Å². The van der Waals surface area contributed by atoms with E-state index in [-0.39, 0.29) is 5.91 Å². The van der Waals surface area contributed by atoms with E-state index in [4.69, 9.17) is 11.6 Å². The molecule has 0 aliphatic heterocycles. The monoisotopic (exact) mass is 325 g/mol. The molecule has 1 heterocycles. The summed E-state index contributed by atoms with van der Waals surface area (Å²) in [4.78, 5) is 21.1. The molecular weight excluding hydrogens is 310 g/mol. The van der Waals surface area contributed by atoms with Crippen LogP contribution in [0.2, 0.25) is 5.02 Å². The summed E-state index contributed by atoms with van der Waals surface area (Å²) >= 11 is 5.84. The van der Waals surface area contributed by atoms with E-state index >= 15 is 0 Å². The molecule has 0 saturated carbocycles. The molecule has 0 spiro atoms. The predicted molar refractivity (Wildman–Crippen MR) is 91.3 cm³/mol. The number of halogens is 1. The van der Waals surface area contributed by atoms with Gasteiger partial charge in [0, 0.05) is 5.02 Å². The lowest BCUT2D eigenvalue weighted by Gasteiger charge is -2.08. The summed E-state index contributed by atoms with van der Waals surface area (Å²) in [5.41, 5.74) is 4.23. The van der Waals surface area contributed by atoms with Gasteiger partial charge >= 0.3 is 0 Å². The smallest absolute Gasteiger partial charge is 0.224 e. The van der Waals surface area contributed by atoms with Gasteiger partial charge in [0.1, 0.15) is 0 Å². The normalized spacial score (nSPS) is 10.7. The molecule has 2 aromatic carbocycles. The molecule has 4 nitrogen and oxygen atoms in total. The molecule has 0 radical (unpaired) electrons. The van der Waals surface area contributed by atoms with Crippen molar-refractivity contribution in [2.75, 3.05) is 0 Å². The number of fused-ring (bicyclic) bond motifs is 1. The van der Waals surface area contributed by atoms with Gasteiger partial charge < -0.3 is 5.32 Å².